The molecule has 0 aromatic heterocycles. The molecule has 25 heavy (non-hydrogen) atoms. The van der Waals surface area contributed by atoms with Crippen molar-refractivity contribution in [3.63, 3.8) is 0 Å². The molecule has 2 heterocycles. The van der Waals surface area contributed by atoms with Gasteiger partial charge in [-0.25, -0.2) is 10.1 Å². The normalized spacial score (nSPS) is 21.8. The van der Waals surface area contributed by atoms with Crippen molar-refractivity contribution in [3.8, 4) is 0 Å². The third-order valence-electron chi connectivity index (χ3n) is 4.69. The second-order valence-electron chi connectivity index (χ2n) is 6.36. The first-order valence-corrected chi connectivity index (χ1v) is 8.56. The van der Waals surface area contributed by atoms with Crippen molar-refractivity contribution in [3.05, 3.63) is 83.9 Å². The van der Waals surface area contributed by atoms with E-state index < -0.39 is 0 Å². The van der Waals surface area contributed by atoms with E-state index in [-0.39, 0.29) is 0 Å². The summed E-state index contributed by atoms with van der Waals surface area (Å²) in [6, 6.07) is 21.6. The summed E-state index contributed by atoms with van der Waals surface area (Å²) >= 11 is 0. The Labute approximate surface area is 148 Å². The molecule has 1 saturated heterocycles. The number of piperazine rings is 1. The molecule has 2 aromatic carbocycles. The van der Waals surface area contributed by atoms with E-state index in [1.54, 1.807) is 6.20 Å². The van der Waals surface area contributed by atoms with E-state index in [0.29, 0.717) is 11.9 Å². The van der Waals surface area contributed by atoms with Gasteiger partial charge in [-0.05, 0) is 16.7 Å². The predicted octanol–water partition coefficient (Wildman–Crippen LogP) is 1.97. The zero-order chi connectivity index (χ0) is 17.1. The fraction of sp³-hybridized carbons (Fsp3) is 0.263. The Bertz CT molecular complexity index is 721. The zero-order valence-electron chi connectivity index (χ0n) is 14.1. The molecule has 0 amide bonds. The summed E-state index contributed by atoms with van der Waals surface area (Å²) in [6.07, 6.45) is 1.77. The van der Waals surface area contributed by atoms with Crippen LogP contribution in [0.5, 0.6) is 0 Å². The van der Waals surface area contributed by atoms with Crippen molar-refractivity contribution >= 4 is 0 Å². The molecule has 1 fully saturated rings. The van der Waals surface area contributed by atoms with Gasteiger partial charge in [-0.3, -0.25) is 4.90 Å². The lowest BCUT2D eigenvalue weighted by Gasteiger charge is -2.43. The van der Waals surface area contributed by atoms with Gasteiger partial charge in [0, 0.05) is 32.2 Å². The van der Waals surface area contributed by atoms with Crippen LogP contribution in [0.2, 0.25) is 0 Å². The summed E-state index contributed by atoms with van der Waals surface area (Å²) in [7, 11) is 0. The van der Waals surface area contributed by atoms with Gasteiger partial charge in [-0.15, -0.1) is 0 Å². The highest BCUT2D eigenvalue weighted by Gasteiger charge is 2.31. The van der Waals surface area contributed by atoms with Crippen molar-refractivity contribution in [2.24, 2.45) is 5.73 Å². The van der Waals surface area contributed by atoms with Crippen LogP contribution in [0.15, 0.2) is 72.7 Å². The highest BCUT2D eigenvalue weighted by atomic mass is 16.7. The van der Waals surface area contributed by atoms with Crippen molar-refractivity contribution in [2.75, 3.05) is 19.6 Å². The predicted molar refractivity (Wildman–Crippen MR) is 95.9 cm³/mol. The Morgan fingerprint density at radius 2 is 1.72 bits per heavy atom. The van der Waals surface area contributed by atoms with Crippen LogP contribution in [0.25, 0.3) is 0 Å². The number of nitrogens with two attached hydrogens (primary N) is 1. The summed E-state index contributed by atoms with van der Waals surface area (Å²) in [5.41, 5.74) is 11.2. The molecule has 0 radical (unpaired) electrons. The average Bonchev–Trinajstić information content (AvgIpc) is 3.10. The molecule has 0 spiro atoms. The number of benzene rings is 2. The molecule has 0 saturated carbocycles. The standard InChI is InChI=1S/C19H23N5O/c20-19-15-24(21-25-19)23-12-11-22(13-16-7-3-1-4-8-16)18(14-23)17-9-5-2-6-10-17/h1-10,15,18,21H,11-14,20H2. The fourth-order valence-electron chi connectivity index (χ4n) is 3.41. The van der Waals surface area contributed by atoms with Gasteiger partial charge in [-0.2, -0.15) is 0 Å². The van der Waals surface area contributed by atoms with Crippen LogP contribution >= 0.6 is 0 Å². The lowest BCUT2D eigenvalue weighted by molar-refractivity contribution is -0.135. The molecule has 6 heteroatoms. The molecule has 6 nitrogen and oxygen atoms in total. The van der Waals surface area contributed by atoms with Crippen LogP contribution in [0.3, 0.4) is 0 Å². The first kappa shape index (κ1) is 16.0. The molecular formula is C19H23N5O. The molecule has 3 N–H and O–H groups in total. The molecule has 1 unspecified atom stereocenters. The highest BCUT2D eigenvalue weighted by molar-refractivity contribution is 5.21. The lowest BCUT2D eigenvalue weighted by Crippen LogP contribution is -2.55. The number of hydrogen-bond donors (Lipinski definition) is 2. The molecule has 1 atom stereocenters. The van der Waals surface area contributed by atoms with E-state index in [2.05, 4.69) is 76.2 Å². The van der Waals surface area contributed by atoms with Crippen LogP contribution in [0, 0.1) is 0 Å². The van der Waals surface area contributed by atoms with Gasteiger partial charge in [0.1, 0.15) is 0 Å². The molecular weight excluding hydrogens is 314 g/mol. The smallest absolute Gasteiger partial charge is 0.231 e. The maximum atomic E-state index is 5.70. The van der Waals surface area contributed by atoms with Crippen LogP contribution in [-0.2, 0) is 11.4 Å². The van der Waals surface area contributed by atoms with E-state index >= 15 is 0 Å². The maximum Gasteiger partial charge on any atom is 0.231 e. The Morgan fingerprint density at radius 1 is 1.00 bits per heavy atom. The summed E-state index contributed by atoms with van der Waals surface area (Å²) in [6.45, 7) is 3.66. The third-order valence-corrected chi connectivity index (χ3v) is 4.69. The van der Waals surface area contributed by atoms with E-state index in [1.807, 2.05) is 5.12 Å². The second-order valence-corrected chi connectivity index (χ2v) is 6.36. The molecule has 0 aliphatic carbocycles. The summed E-state index contributed by atoms with van der Waals surface area (Å²) in [4.78, 5) is 7.67. The molecule has 2 aliphatic rings. The molecule has 130 valence electrons. The third kappa shape index (κ3) is 3.61. The Kier molecular flexibility index (Phi) is 4.56. The fourth-order valence-corrected chi connectivity index (χ4v) is 3.41. The van der Waals surface area contributed by atoms with E-state index in [4.69, 9.17) is 10.6 Å². The summed E-state index contributed by atoms with van der Waals surface area (Å²) in [5, 5.41) is 4.06. The number of nitrogens with one attached hydrogen (secondary N) is 1. The van der Waals surface area contributed by atoms with E-state index in [0.717, 1.165) is 26.2 Å². The minimum Gasteiger partial charge on any atom is -0.368 e. The highest BCUT2D eigenvalue weighted by Crippen LogP contribution is 2.28. The number of hydrogen-bond acceptors (Lipinski definition) is 6. The van der Waals surface area contributed by atoms with Crippen molar-refractivity contribution < 1.29 is 4.84 Å². The second kappa shape index (κ2) is 7.14. The topological polar surface area (TPSA) is 57.0 Å². The Morgan fingerprint density at radius 3 is 2.40 bits per heavy atom. The van der Waals surface area contributed by atoms with Crippen LogP contribution in [0.4, 0.5) is 0 Å². The van der Waals surface area contributed by atoms with Crippen molar-refractivity contribution in [1.82, 2.24) is 20.6 Å². The quantitative estimate of drug-likeness (QED) is 0.890. The minimum absolute atomic E-state index is 0.298. The first-order chi connectivity index (χ1) is 12.3. The molecule has 2 aliphatic heterocycles. The van der Waals surface area contributed by atoms with Crippen LogP contribution < -0.4 is 11.3 Å². The maximum absolute atomic E-state index is 5.70. The van der Waals surface area contributed by atoms with Gasteiger partial charge >= 0.3 is 0 Å². The van der Waals surface area contributed by atoms with Gasteiger partial charge in [-0.1, -0.05) is 60.7 Å². The summed E-state index contributed by atoms with van der Waals surface area (Å²) < 4.78 is 0. The Balaban J connectivity index is 1.55. The first-order valence-electron chi connectivity index (χ1n) is 8.56. The van der Waals surface area contributed by atoms with Crippen molar-refractivity contribution in [1.29, 1.82) is 0 Å². The largest absolute Gasteiger partial charge is 0.368 e. The number of nitrogens with zero attached hydrogens (tertiary/aromatic N) is 3. The SMILES string of the molecule is NC1=CN(N2CCN(Cc3ccccc3)C(c3ccccc3)C2)NO1. The number of hydrazine groups is 2. The average molecular weight is 337 g/mol. The zero-order valence-corrected chi connectivity index (χ0v) is 14.1. The van der Waals surface area contributed by atoms with Gasteiger partial charge < -0.3 is 10.6 Å². The number of rotatable bonds is 4. The van der Waals surface area contributed by atoms with Gasteiger partial charge in [0.25, 0.3) is 0 Å². The van der Waals surface area contributed by atoms with Crippen molar-refractivity contribution in [2.45, 2.75) is 12.6 Å². The lowest BCUT2D eigenvalue weighted by atomic mass is 10.0. The van der Waals surface area contributed by atoms with E-state index in [1.165, 1.54) is 11.1 Å². The molecule has 2 aromatic rings. The minimum atomic E-state index is 0.298. The van der Waals surface area contributed by atoms with Gasteiger partial charge in [0.15, 0.2) is 0 Å². The van der Waals surface area contributed by atoms with E-state index in [9.17, 15) is 0 Å². The van der Waals surface area contributed by atoms with Crippen LogP contribution in [-0.4, -0.2) is 34.7 Å². The molecule has 0 bridgehead atoms. The molecule has 4 rings (SSSR count). The van der Waals surface area contributed by atoms with Gasteiger partial charge in [0.2, 0.25) is 5.88 Å². The van der Waals surface area contributed by atoms with Crippen LogP contribution in [0.1, 0.15) is 17.2 Å². The monoisotopic (exact) mass is 337 g/mol. The van der Waals surface area contributed by atoms with Gasteiger partial charge in [0.05, 0.1) is 6.20 Å². The summed E-state index contributed by atoms with van der Waals surface area (Å²) in [5.74, 6) is 0.378. The Hall–Kier alpha value is -2.54.